The van der Waals surface area contributed by atoms with Crippen LogP contribution in [0.2, 0.25) is 0 Å². The second kappa shape index (κ2) is 10.4. The van der Waals surface area contributed by atoms with E-state index in [1.807, 2.05) is 6.92 Å². The van der Waals surface area contributed by atoms with Crippen molar-refractivity contribution in [3.8, 4) is 0 Å². The standard InChI is InChI=1S/C24H32FNO4S/c1-19-12-14-20(15-13-19)31(28,29)18-10-6-5-8-16-24(25,21-11-7-9-17-26-21)22(27)30-23(2,3)4/h7,9,11-15,17H,5-6,8,10,16,18H2,1-4H3. The summed E-state index contributed by atoms with van der Waals surface area (Å²) in [7, 11) is -3.33. The smallest absolute Gasteiger partial charge is 0.350 e. The molecule has 0 aliphatic rings. The zero-order valence-corrected chi connectivity index (χ0v) is 19.5. The van der Waals surface area contributed by atoms with Gasteiger partial charge in [0, 0.05) is 6.20 Å². The molecular formula is C24H32FNO4S. The third kappa shape index (κ3) is 7.42. The van der Waals surface area contributed by atoms with Crippen LogP contribution in [-0.2, 0) is 25.0 Å². The molecule has 31 heavy (non-hydrogen) atoms. The summed E-state index contributed by atoms with van der Waals surface area (Å²) in [5, 5.41) is 0. The molecule has 0 N–H and O–H groups in total. The van der Waals surface area contributed by atoms with Crippen molar-refractivity contribution in [1.29, 1.82) is 0 Å². The van der Waals surface area contributed by atoms with Gasteiger partial charge in [0.1, 0.15) is 5.60 Å². The average Bonchev–Trinajstić information content (AvgIpc) is 2.70. The van der Waals surface area contributed by atoms with Crippen LogP contribution in [0.3, 0.4) is 0 Å². The Balaban J connectivity index is 1.91. The molecule has 0 saturated heterocycles. The van der Waals surface area contributed by atoms with Gasteiger partial charge in [0.15, 0.2) is 9.84 Å². The van der Waals surface area contributed by atoms with Crippen molar-refractivity contribution in [2.24, 2.45) is 0 Å². The number of carbonyl (C=O) groups excluding carboxylic acids is 1. The summed E-state index contributed by atoms with van der Waals surface area (Å²) in [5.41, 5.74) is -2.10. The second-order valence-corrected chi connectivity index (χ2v) is 10.9. The third-order valence-electron chi connectivity index (χ3n) is 4.86. The summed E-state index contributed by atoms with van der Waals surface area (Å²) in [6.07, 6.45) is 3.50. The number of esters is 1. The lowest BCUT2D eigenvalue weighted by Crippen LogP contribution is -2.38. The van der Waals surface area contributed by atoms with E-state index in [1.165, 1.54) is 12.3 Å². The quantitative estimate of drug-likeness (QED) is 0.362. The molecule has 1 heterocycles. The number of rotatable bonds is 10. The third-order valence-corrected chi connectivity index (χ3v) is 6.67. The van der Waals surface area contributed by atoms with E-state index in [0.717, 1.165) is 5.56 Å². The maximum Gasteiger partial charge on any atom is 0.350 e. The van der Waals surface area contributed by atoms with E-state index in [4.69, 9.17) is 4.74 Å². The molecule has 2 rings (SSSR count). The van der Waals surface area contributed by atoms with Crippen LogP contribution in [0.4, 0.5) is 4.39 Å². The highest BCUT2D eigenvalue weighted by Crippen LogP contribution is 2.34. The Bertz CT molecular complexity index is 953. The van der Waals surface area contributed by atoms with Gasteiger partial charge in [-0.3, -0.25) is 4.98 Å². The largest absolute Gasteiger partial charge is 0.457 e. The van der Waals surface area contributed by atoms with Gasteiger partial charge in [-0.25, -0.2) is 17.6 Å². The second-order valence-electron chi connectivity index (χ2n) is 8.81. The highest BCUT2D eigenvalue weighted by Gasteiger charge is 2.44. The molecule has 1 aromatic heterocycles. The van der Waals surface area contributed by atoms with Crippen molar-refractivity contribution >= 4 is 15.8 Å². The molecule has 0 aliphatic heterocycles. The number of pyridine rings is 1. The van der Waals surface area contributed by atoms with E-state index >= 15 is 4.39 Å². The number of aromatic nitrogens is 1. The molecule has 1 unspecified atom stereocenters. The van der Waals surface area contributed by atoms with Crippen LogP contribution in [0.25, 0.3) is 0 Å². The highest BCUT2D eigenvalue weighted by molar-refractivity contribution is 7.91. The van der Waals surface area contributed by atoms with E-state index in [0.29, 0.717) is 30.6 Å². The summed E-state index contributed by atoms with van der Waals surface area (Å²) in [4.78, 5) is 17.0. The lowest BCUT2D eigenvalue weighted by molar-refractivity contribution is -0.171. The van der Waals surface area contributed by atoms with Crippen LogP contribution in [0.1, 0.15) is 64.1 Å². The number of ether oxygens (including phenoxy) is 1. The van der Waals surface area contributed by atoms with Crippen molar-refractivity contribution < 1.29 is 22.3 Å². The molecule has 0 spiro atoms. The topological polar surface area (TPSA) is 73.3 Å². The fourth-order valence-electron chi connectivity index (χ4n) is 3.17. The predicted molar refractivity (Wildman–Crippen MR) is 119 cm³/mol. The van der Waals surface area contributed by atoms with Gasteiger partial charge in [-0.1, -0.05) is 36.6 Å². The minimum Gasteiger partial charge on any atom is -0.457 e. The number of sulfone groups is 1. The lowest BCUT2D eigenvalue weighted by Gasteiger charge is -2.28. The van der Waals surface area contributed by atoms with Gasteiger partial charge in [0.05, 0.1) is 16.3 Å². The number of hydrogen-bond donors (Lipinski definition) is 0. The molecule has 0 radical (unpaired) electrons. The zero-order chi connectivity index (χ0) is 23.1. The van der Waals surface area contributed by atoms with Gasteiger partial charge in [-0.05, 0) is 71.2 Å². The van der Waals surface area contributed by atoms with Crippen LogP contribution in [0, 0.1) is 6.92 Å². The molecule has 2 aromatic rings. The van der Waals surface area contributed by atoms with Crippen LogP contribution < -0.4 is 0 Å². The molecule has 1 atom stereocenters. The maximum absolute atomic E-state index is 15.8. The number of hydrogen-bond acceptors (Lipinski definition) is 5. The van der Waals surface area contributed by atoms with E-state index < -0.39 is 27.1 Å². The van der Waals surface area contributed by atoms with Crippen LogP contribution >= 0.6 is 0 Å². The molecule has 1 aromatic carbocycles. The maximum atomic E-state index is 15.8. The number of alkyl halides is 1. The van der Waals surface area contributed by atoms with E-state index in [1.54, 1.807) is 57.2 Å². The average molecular weight is 450 g/mol. The van der Waals surface area contributed by atoms with Gasteiger partial charge in [-0.15, -0.1) is 0 Å². The number of carbonyl (C=O) groups is 1. The number of benzene rings is 1. The van der Waals surface area contributed by atoms with Crippen LogP contribution in [0.5, 0.6) is 0 Å². The Morgan fingerprint density at radius 3 is 2.23 bits per heavy atom. The molecule has 0 fully saturated rings. The van der Waals surface area contributed by atoms with E-state index in [-0.39, 0.29) is 17.9 Å². The van der Waals surface area contributed by atoms with Crippen LogP contribution in [-0.4, -0.2) is 30.7 Å². The Labute approximate surface area is 185 Å². The Kier molecular flexibility index (Phi) is 8.34. The lowest BCUT2D eigenvalue weighted by atomic mass is 9.93. The Hall–Kier alpha value is -2.28. The molecule has 170 valence electrons. The van der Waals surface area contributed by atoms with Crippen molar-refractivity contribution in [2.45, 2.75) is 76.0 Å². The summed E-state index contributed by atoms with van der Waals surface area (Å²) in [5.74, 6) is -0.899. The molecule has 0 saturated carbocycles. The normalized spacial score (nSPS) is 14.1. The highest BCUT2D eigenvalue weighted by atomic mass is 32.2. The van der Waals surface area contributed by atoms with Gasteiger partial charge in [0.25, 0.3) is 0 Å². The molecule has 5 nitrogen and oxygen atoms in total. The predicted octanol–water partition coefficient (Wildman–Crippen LogP) is 5.32. The first kappa shape index (κ1) is 25.0. The Morgan fingerprint density at radius 1 is 1.00 bits per heavy atom. The van der Waals surface area contributed by atoms with Gasteiger partial charge < -0.3 is 4.74 Å². The first-order valence-electron chi connectivity index (χ1n) is 10.6. The summed E-state index contributed by atoms with van der Waals surface area (Å²) in [6, 6.07) is 11.6. The van der Waals surface area contributed by atoms with Crippen molar-refractivity contribution in [3.63, 3.8) is 0 Å². The number of unbranched alkanes of at least 4 members (excludes halogenated alkanes) is 3. The fourth-order valence-corrected chi connectivity index (χ4v) is 4.54. The van der Waals surface area contributed by atoms with Gasteiger partial charge >= 0.3 is 5.97 Å². The van der Waals surface area contributed by atoms with Crippen molar-refractivity contribution in [1.82, 2.24) is 4.98 Å². The summed E-state index contributed by atoms with van der Waals surface area (Å²) < 4.78 is 45.9. The van der Waals surface area contributed by atoms with Crippen LogP contribution in [0.15, 0.2) is 53.6 Å². The Morgan fingerprint density at radius 2 is 1.65 bits per heavy atom. The van der Waals surface area contributed by atoms with Crippen molar-refractivity contribution in [3.05, 3.63) is 59.9 Å². The summed E-state index contributed by atoms with van der Waals surface area (Å²) in [6.45, 7) is 6.98. The van der Waals surface area contributed by atoms with E-state index in [9.17, 15) is 13.2 Å². The molecule has 0 bridgehead atoms. The minimum atomic E-state index is -3.33. The zero-order valence-electron chi connectivity index (χ0n) is 18.7. The molecule has 0 aliphatic carbocycles. The number of aryl methyl sites for hydroxylation is 1. The van der Waals surface area contributed by atoms with Crippen molar-refractivity contribution in [2.75, 3.05) is 5.75 Å². The first-order valence-corrected chi connectivity index (χ1v) is 12.2. The van der Waals surface area contributed by atoms with Gasteiger partial charge in [-0.2, -0.15) is 0 Å². The first-order chi connectivity index (χ1) is 14.4. The molecular weight excluding hydrogens is 417 g/mol. The SMILES string of the molecule is Cc1ccc(S(=O)(=O)CCCCCCC(F)(C(=O)OC(C)(C)C)c2ccccn2)cc1. The summed E-state index contributed by atoms with van der Waals surface area (Å²) >= 11 is 0. The monoisotopic (exact) mass is 449 g/mol. The van der Waals surface area contributed by atoms with E-state index in [2.05, 4.69) is 4.98 Å². The number of halogens is 1. The minimum absolute atomic E-state index is 0.0335. The van der Waals surface area contributed by atoms with Gasteiger partial charge in [0.2, 0.25) is 5.67 Å². The fraction of sp³-hybridized carbons (Fsp3) is 0.500. The molecule has 0 amide bonds. The number of nitrogens with zero attached hydrogens (tertiary/aromatic N) is 1. The molecule has 7 heteroatoms.